The van der Waals surface area contributed by atoms with Gasteiger partial charge >= 0.3 is 5.97 Å². The number of esters is 1. The van der Waals surface area contributed by atoms with Gasteiger partial charge in [0.1, 0.15) is 11.6 Å². The van der Waals surface area contributed by atoms with E-state index in [1.165, 1.54) is 0 Å². The molecule has 0 fully saturated rings. The Morgan fingerprint density at radius 3 is 2.36 bits per heavy atom. The molecule has 4 nitrogen and oxygen atoms in total. The van der Waals surface area contributed by atoms with Crippen molar-refractivity contribution in [2.24, 2.45) is 0 Å². The van der Waals surface area contributed by atoms with Crippen molar-refractivity contribution in [2.45, 2.75) is 26.4 Å². The van der Waals surface area contributed by atoms with Gasteiger partial charge in [0.25, 0.3) is 5.91 Å². The van der Waals surface area contributed by atoms with Crippen molar-refractivity contribution in [1.82, 2.24) is 4.90 Å². The number of nitrogens with zero attached hydrogens (tertiary/aromatic N) is 1. The van der Waals surface area contributed by atoms with Crippen LogP contribution in [0.4, 0.5) is 8.78 Å². The molecule has 0 saturated heterocycles. The van der Waals surface area contributed by atoms with E-state index in [1.807, 2.05) is 44.2 Å². The fourth-order valence-electron chi connectivity index (χ4n) is 2.28. The van der Waals surface area contributed by atoms with Crippen molar-refractivity contribution in [3.8, 4) is 0 Å². The number of hydrogen-bond acceptors (Lipinski definition) is 3. The third-order valence-electron chi connectivity index (χ3n) is 3.62. The normalized spacial score (nSPS) is 10.6. The first kappa shape index (κ1) is 18.6. The standard InChI is InChI=1S/C19H19F2NO3/c1-13(2)22(11-14-6-4-3-5-7-14)18(23)12-25-19(24)16-9-8-15(20)10-17(16)21/h3-10,13H,11-12H2,1-2H3. The molecule has 2 aromatic carbocycles. The number of carbonyl (C=O) groups excluding carboxylic acids is 2. The van der Waals surface area contributed by atoms with E-state index in [9.17, 15) is 18.4 Å². The number of carbonyl (C=O) groups is 2. The summed E-state index contributed by atoms with van der Waals surface area (Å²) in [5, 5.41) is 0. The number of hydrogen-bond donors (Lipinski definition) is 0. The average molecular weight is 347 g/mol. The van der Waals surface area contributed by atoms with Crippen LogP contribution in [-0.4, -0.2) is 29.4 Å². The maximum absolute atomic E-state index is 13.6. The molecular formula is C19H19F2NO3. The summed E-state index contributed by atoms with van der Waals surface area (Å²) < 4.78 is 31.3. The molecule has 2 aromatic rings. The molecule has 0 spiro atoms. The number of benzene rings is 2. The van der Waals surface area contributed by atoms with Gasteiger partial charge in [-0.1, -0.05) is 30.3 Å². The van der Waals surface area contributed by atoms with Crippen LogP contribution in [0.25, 0.3) is 0 Å². The maximum atomic E-state index is 13.6. The van der Waals surface area contributed by atoms with Crippen LogP contribution >= 0.6 is 0 Å². The van der Waals surface area contributed by atoms with Crippen molar-refractivity contribution in [3.63, 3.8) is 0 Å². The molecular weight excluding hydrogens is 328 g/mol. The molecule has 0 radical (unpaired) electrons. The van der Waals surface area contributed by atoms with Crippen molar-refractivity contribution < 1.29 is 23.1 Å². The molecule has 0 N–H and O–H groups in total. The van der Waals surface area contributed by atoms with Crippen LogP contribution in [0.1, 0.15) is 29.8 Å². The lowest BCUT2D eigenvalue weighted by molar-refractivity contribution is -0.136. The second-order valence-corrected chi connectivity index (χ2v) is 5.80. The van der Waals surface area contributed by atoms with Crippen LogP contribution in [0, 0.1) is 11.6 Å². The summed E-state index contributed by atoms with van der Waals surface area (Å²) in [4.78, 5) is 25.8. The van der Waals surface area contributed by atoms with E-state index in [-0.39, 0.29) is 6.04 Å². The van der Waals surface area contributed by atoms with E-state index >= 15 is 0 Å². The quantitative estimate of drug-likeness (QED) is 0.751. The molecule has 0 saturated carbocycles. The highest BCUT2D eigenvalue weighted by atomic mass is 19.1. The lowest BCUT2D eigenvalue weighted by Gasteiger charge is -2.26. The molecule has 132 valence electrons. The van der Waals surface area contributed by atoms with Gasteiger partial charge in [-0.3, -0.25) is 4.79 Å². The summed E-state index contributed by atoms with van der Waals surface area (Å²) in [5.74, 6) is -3.22. The van der Waals surface area contributed by atoms with E-state index in [0.29, 0.717) is 12.6 Å². The highest BCUT2D eigenvalue weighted by Gasteiger charge is 2.21. The van der Waals surface area contributed by atoms with Crippen molar-refractivity contribution >= 4 is 11.9 Å². The van der Waals surface area contributed by atoms with Crippen LogP contribution in [0.2, 0.25) is 0 Å². The molecule has 1 amide bonds. The minimum Gasteiger partial charge on any atom is -0.452 e. The monoisotopic (exact) mass is 347 g/mol. The Morgan fingerprint density at radius 2 is 1.76 bits per heavy atom. The summed E-state index contributed by atoms with van der Waals surface area (Å²) in [6, 6.07) is 11.8. The number of rotatable bonds is 6. The van der Waals surface area contributed by atoms with Gasteiger partial charge in [0.05, 0.1) is 5.56 Å². The smallest absolute Gasteiger partial charge is 0.341 e. The minimum atomic E-state index is -1.03. The van der Waals surface area contributed by atoms with Crippen LogP contribution in [0.15, 0.2) is 48.5 Å². The third kappa shape index (κ3) is 5.11. The second-order valence-electron chi connectivity index (χ2n) is 5.80. The fraction of sp³-hybridized carbons (Fsp3) is 0.263. The van der Waals surface area contributed by atoms with Crippen LogP contribution in [0.5, 0.6) is 0 Å². The largest absolute Gasteiger partial charge is 0.452 e. The van der Waals surface area contributed by atoms with Crippen molar-refractivity contribution in [3.05, 3.63) is 71.3 Å². The Balaban J connectivity index is 2.00. The van der Waals surface area contributed by atoms with Gasteiger partial charge in [-0.05, 0) is 31.5 Å². The predicted molar refractivity (Wildman–Crippen MR) is 88.8 cm³/mol. The molecule has 25 heavy (non-hydrogen) atoms. The van der Waals surface area contributed by atoms with Gasteiger partial charge in [0.15, 0.2) is 6.61 Å². The van der Waals surface area contributed by atoms with Gasteiger partial charge < -0.3 is 9.64 Å². The molecule has 0 bridgehead atoms. The van der Waals surface area contributed by atoms with Gasteiger partial charge in [0, 0.05) is 18.7 Å². The Hall–Kier alpha value is -2.76. The minimum absolute atomic E-state index is 0.103. The van der Waals surface area contributed by atoms with Crippen LogP contribution in [0.3, 0.4) is 0 Å². The van der Waals surface area contributed by atoms with Crippen LogP contribution in [-0.2, 0) is 16.1 Å². The molecule has 6 heteroatoms. The summed E-state index contributed by atoms with van der Waals surface area (Å²) in [7, 11) is 0. The molecule has 0 aliphatic heterocycles. The summed E-state index contributed by atoms with van der Waals surface area (Å²) in [5.41, 5.74) is 0.536. The Labute approximate surface area is 145 Å². The van der Waals surface area contributed by atoms with E-state index < -0.39 is 35.7 Å². The average Bonchev–Trinajstić information content (AvgIpc) is 2.58. The molecule has 2 rings (SSSR count). The third-order valence-corrected chi connectivity index (χ3v) is 3.62. The lowest BCUT2D eigenvalue weighted by atomic mass is 10.2. The first-order valence-corrected chi connectivity index (χ1v) is 7.84. The molecule has 0 aromatic heterocycles. The first-order valence-electron chi connectivity index (χ1n) is 7.84. The Bertz CT molecular complexity index is 748. The number of ether oxygens (including phenoxy) is 1. The SMILES string of the molecule is CC(C)N(Cc1ccccc1)C(=O)COC(=O)c1ccc(F)cc1F. The Kier molecular flexibility index (Phi) is 6.22. The van der Waals surface area contributed by atoms with Gasteiger partial charge in [-0.25, -0.2) is 13.6 Å². The van der Waals surface area contributed by atoms with E-state index in [0.717, 1.165) is 17.7 Å². The number of halogens is 2. The molecule has 0 aliphatic carbocycles. The van der Waals surface area contributed by atoms with E-state index in [2.05, 4.69) is 0 Å². The second kappa shape index (κ2) is 8.37. The molecule has 0 heterocycles. The van der Waals surface area contributed by atoms with Crippen molar-refractivity contribution in [2.75, 3.05) is 6.61 Å². The zero-order chi connectivity index (χ0) is 18.4. The summed E-state index contributed by atoms with van der Waals surface area (Å²) in [6.45, 7) is 3.56. The fourth-order valence-corrected chi connectivity index (χ4v) is 2.28. The summed E-state index contributed by atoms with van der Waals surface area (Å²) in [6.07, 6.45) is 0. The van der Waals surface area contributed by atoms with E-state index in [4.69, 9.17) is 4.74 Å². The van der Waals surface area contributed by atoms with Gasteiger partial charge in [-0.15, -0.1) is 0 Å². The zero-order valence-electron chi connectivity index (χ0n) is 14.0. The zero-order valence-corrected chi connectivity index (χ0v) is 14.0. The highest BCUT2D eigenvalue weighted by Crippen LogP contribution is 2.12. The highest BCUT2D eigenvalue weighted by molar-refractivity contribution is 5.91. The van der Waals surface area contributed by atoms with Gasteiger partial charge in [-0.2, -0.15) is 0 Å². The topological polar surface area (TPSA) is 46.6 Å². The lowest BCUT2D eigenvalue weighted by Crippen LogP contribution is -2.39. The number of amides is 1. The maximum Gasteiger partial charge on any atom is 0.341 e. The van der Waals surface area contributed by atoms with E-state index in [1.54, 1.807) is 4.90 Å². The first-order chi connectivity index (χ1) is 11.9. The van der Waals surface area contributed by atoms with Crippen molar-refractivity contribution in [1.29, 1.82) is 0 Å². The molecule has 0 atom stereocenters. The summed E-state index contributed by atoms with van der Waals surface area (Å²) >= 11 is 0. The predicted octanol–water partition coefficient (Wildman–Crippen LogP) is 3.56. The van der Waals surface area contributed by atoms with Gasteiger partial charge in [0.2, 0.25) is 0 Å². The molecule has 0 unspecified atom stereocenters. The van der Waals surface area contributed by atoms with Crippen LogP contribution < -0.4 is 0 Å². The molecule has 0 aliphatic rings. The Morgan fingerprint density at radius 1 is 1.08 bits per heavy atom.